The van der Waals surface area contributed by atoms with Crippen LogP contribution >= 0.6 is 24.0 Å². The maximum atomic E-state index is 13.6. The van der Waals surface area contributed by atoms with Gasteiger partial charge in [0.2, 0.25) is 0 Å². The van der Waals surface area contributed by atoms with Gasteiger partial charge in [0.1, 0.15) is 21.6 Å². The van der Waals surface area contributed by atoms with E-state index in [4.69, 9.17) is 17.2 Å². The highest BCUT2D eigenvalue weighted by atomic mass is 32.2. The summed E-state index contributed by atoms with van der Waals surface area (Å²) in [6.45, 7) is 6.91. The van der Waals surface area contributed by atoms with E-state index in [9.17, 15) is 14.0 Å². The Morgan fingerprint density at radius 3 is 2.43 bits per heavy atom. The molecule has 1 amide bonds. The first-order valence-corrected chi connectivity index (χ1v) is 12.6. The lowest BCUT2D eigenvalue weighted by Gasteiger charge is -2.37. The van der Waals surface area contributed by atoms with E-state index in [-0.39, 0.29) is 17.3 Å². The minimum Gasteiger partial charge on any atom is -0.368 e. The SMILES string of the molecule is CCN1C(=O)/C(=C\c2c(N3CCN(c4ccc(F)cc4)CC3)nc3c(C)cccn3c2=O)SC1=S. The molecule has 10 heteroatoms. The molecule has 0 bridgehead atoms. The van der Waals surface area contributed by atoms with Gasteiger partial charge in [-0.05, 0) is 55.8 Å². The molecular weight excluding hydrogens is 485 g/mol. The summed E-state index contributed by atoms with van der Waals surface area (Å²) in [6, 6.07) is 10.2. The number of benzene rings is 1. The molecule has 2 aromatic heterocycles. The van der Waals surface area contributed by atoms with Gasteiger partial charge in [0.15, 0.2) is 0 Å². The number of hydrogen-bond acceptors (Lipinski definition) is 7. The smallest absolute Gasteiger partial charge is 0.267 e. The number of rotatable bonds is 4. The molecule has 2 aliphatic rings. The molecule has 2 fully saturated rings. The van der Waals surface area contributed by atoms with Crippen molar-refractivity contribution in [2.24, 2.45) is 0 Å². The molecule has 7 nitrogen and oxygen atoms in total. The van der Waals surface area contributed by atoms with Crippen LogP contribution in [-0.4, -0.2) is 57.2 Å². The van der Waals surface area contributed by atoms with Crippen LogP contribution in [0.5, 0.6) is 0 Å². The van der Waals surface area contributed by atoms with E-state index in [1.54, 1.807) is 24.4 Å². The molecule has 0 atom stereocenters. The van der Waals surface area contributed by atoms with Crippen molar-refractivity contribution in [2.45, 2.75) is 13.8 Å². The minimum atomic E-state index is -0.262. The van der Waals surface area contributed by atoms with Crippen LogP contribution in [0.25, 0.3) is 11.7 Å². The van der Waals surface area contributed by atoms with Crippen molar-refractivity contribution in [3.8, 4) is 0 Å². The molecule has 0 aliphatic carbocycles. The van der Waals surface area contributed by atoms with Crippen molar-refractivity contribution in [1.29, 1.82) is 0 Å². The Balaban J connectivity index is 1.55. The number of amides is 1. The fourth-order valence-corrected chi connectivity index (χ4v) is 5.77. The minimum absolute atomic E-state index is 0.191. The normalized spacial score (nSPS) is 17.8. The molecule has 2 aliphatic heterocycles. The van der Waals surface area contributed by atoms with Crippen LogP contribution in [0.4, 0.5) is 15.9 Å². The van der Waals surface area contributed by atoms with Crippen LogP contribution in [-0.2, 0) is 4.79 Å². The molecule has 0 spiro atoms. The lowest BCUT2D eigenvalue weighted by atomic mass is 10.2. The third-order valence-corrected chi connectivity index (χ3v) is 7.68. The maximum absolute atomic E-state index is 13.6. The standard InChI is InChI=1S/C25H24FN5O2S2/c1-3-30-24(33)20(35-25(30)34)15-19-22(27-21-16(2)5-4-10-31(21)23(19)32)29-13-11-28(12-14-29)18-8-6-17(26)7-9-18/h4-10,15H,3,11-14H2,1-2H3/b20-15+. The van der Waals surface area contributed by atoms with Gasteiger partial charge in [0, 0.05) is 44.6 Å². The molecule has 0 unspecified atom stereocenters. The molecule has 1 aromatic carbocycles. The number of halogens is 1. The second-order valence-electron chi connectivity index (χ2n) is 8.42. The number of likely N-dealkylation sites (N-methyl/N-ethyl adjacent to an activating group) is 1. The van der Waals surface area contributed by atoms with Crippen LogP contribution in [0.3, 0.4) is 0 Å². The number of thiocarbonyl (C=S) groups is 1. The third-order valence-electron chi connectivity index (χ3n) is 6.30. The zero-order chi connectivity index (χ0) is 24.7. The quantitative estimate of drug-likeness (QED) is 0.393. The van der Waals surface area contributed by atoms with Gasteiger partial charge in [0.05, 0.1) is 10.5 Å². The number of fused-ring (bicyclic) bond motifs is 1. The van der Waals surface area contributed by atoms with Gasteiger partial charge in [-0.2, -0.15) is 0 Å². The first-order valence-electron chi connectivity index (χ1n) is 11.4. The van der Waals surface area contributed by atoms with Crippen LogP contribution < -0.4 is 15.4 Å². The molecule has 35 heavy (non-hydrogen) atoms. The van der Waals surface area contributed by atoms with Gasteiger partial charge < -0.3 is 9.80 Å². The summed E-state index contributed by atoms with van der Waals surface area (Å²) >= 11 is 6.56. The number of pyridine rings is 1. The first-order chi connectivity index (χ1) is 16.9. The summed E-state index contributed by atoms with van der Waals surface area (Å²) in [5, 5.41) is 0. The highest BCUT2D eigenvalue weighted by Gasteiger charge is 2.32. The van der Waals surface area contributed by atoms with E-state index < -0.39 is 0 Å². The molecule has 0 radical (unpaired) electrons. The lowest BCUT2D eigenvalue weighted by molar-refractivity contribution is -0.121. The summed E-state index contributed by atoms with van der Waals surface area (Å²) in [5.74, 6) is 0.106. The van der Waals surface area contributed by atoms with E-state index >= 15 is 0 Å². The molecular formula is C25H24FN5O2S2. The van der Waals surface area contributed by atoms with Crippen molar-refractivity contribution in [3.05, 3.63) is 74.8 Å². The number of hydrogen-bond donors (Lipinski definition) is 0. The zero-order valence-electron chi connectivity index (χ0n) is 19.4. The fraction of sp³-hybridized carbons (Fsp3) is 0.280. The van der Waals surface area contributed by atoms with Crippen molar-refractivity contribution in [1.82, 2.24) is 14.3 Å². The monoisotopic (exact) mass is 509 g/mol. The molecule has 0 N–H and O–H groups in total. The summed E-state index contributed by atoms with van der Waals surface area (Å²) in [6.07, 6.45) is 3.34. The van der Waals surface area contributed by atoms with E-state index in [2.05, 4.69) is 9.80 Å². The fourth-order valence-electron chi connectivity index (χ4n) is 4.40. The number of piperazine rings is 1. The highest BCUT2D eigenvalue weighted by Crippen LogP contribution is 2.33. The average molecular weight is 510 g/mol. The Kier molecular flexibility index (Phi) is 6.33. The Morgan fingerprint density at radius 2 is 1.77 bits per heavy atom. The van der Waals surface area contributed by atoms with Crippen molar-refractivity contribution >= 4 is 57.4 Å². The maximum Gasteiger partial charge on any atom is 0.267 e. The lowest BCUT2D eigenvalue weighted by Crippen LogP contribution is -2.47. The van der Waals surface area contributed by atoms with Gasteiger partial charge in [0.25, 0.3) is 11.5 Å². The van der Waals surface area contributed by atoms with Crippen molar-refractivity contribution in [3.63, 3.8) is 0 Å². The van der Waals surface area contributed by atoms with E-state index in [1.165, 1.54) is 33.2 Å². The van der Waals surface area contributed by atoms with E-state index in [0.29, 0.717) is 59.0 Å². The number of carbonyl (C=O) groups is 1. The summed E-state index contributed by atoms with van der Waals surface area (Å²) in [4.78, 5) is 37.6. The first kappa shape index (κ1) is 23.5. The van der Waals surface area contributed by atoms with Crippen molar-refractivity contribution < 1.29 is 9.18 Å². The van der Waals surface area contributed by atoms with Crippen LogP contribution in [0.15, 0.2) is 52.3 Å². The summed E-state index contributed by atoms with van der Waals surface area (Å²) in [5.41, 5.74) is 2.58. The zero-order valence-corrected chi connectivity index (χ0v) is 21.0. The van der Waals surface area contributed by atoms with Gasteiger partial charge >= 0.3 is 0 Å². The average Bonchev–Trinajstić information content (AvgIpc) is 3.13. The molecule has 180 valence electrons. The Labute approximate surface area is 211 Å². The predicted molar refractivity (Wildman–Crippen MR) is 143 cm³/mol. The molecule has 2 saturated heterocycles. The summed E-state index contributed by atoms with van der Waals surface area (Å²) in [7, 11) is 0. The summed E-state index contributed by atoms with van der Waals surface area (Å²) < 4.78 is 15.4. The van der Waals surface area contributed by atoms with Crippen LogP contribution in [0.2, 0.25) is 0 Å². The van der Waals surface area contributed by atoms with Crippen LogP contribution in [0, 0.1) is 12.7 Å². The number of anilines is 2. The molecule has 5 rings (SSSR count). The largest absolute Gasteiger partial charge is 0.368 e. The van der Waals surface area contributed by atoms with Gasteiger partial charge in [-0.15, -0.1) is 0 Å². The second-order valence-corrected chi connectivity index (χ2v) is 10.1. The van der Waals surface area contributed by atoms with Gasteiger partial charge in [-0.1, -0.05) is 30.0 Å². The number of aromatic nitrogens is 2. The predicted octanol–water partition coefficient (Wildman–Crippen LogP) is 3.69. The Morgan fingerprint density at radius 1 is 1.09 bits per heavy atom. The third kappa shape index (κ3) is 4.32. The Bertz CT molecular complexity index is 1410. The molecule has 3 aromatic rings. The number of carbonyl (C=O) groups excluding carboxylic acids is 1. The Hall–Kier alpha value is -3.24. The topological polar surface area (TPSA) is 61.2 Å². The number of nitrogens with zero attached hydrogens (tertiary/aromatic N) is 5. The van der Waals surface area contributed by atoms with Crippen molar-refractivity contribution in [2.75, 3.05) is 42.5 Å². The molecule has 4 heterocycles. The van der Waals surface area contributed by atoms with Gasteiger partial charge in [-0.25, -0.2) is 9.37 Å². The second kappa shape index (κ2) is 9.43. The van der Waals surface area contributed by atoms with Gasteiger partial charge in [-0.3, -0.25) is 18.9 Å². The number of aryl methyl sites for hydroxylation is 1. The number of thioether (sulfide) groups is 1. The molecule has 0 saturated carbocycles. The highest BCUT2D eigenvalue weighted by molar-refractivity contribution is 8.26. The van der Waals surface area contributed by atoms with Crippen LogP contribution in [0.1, 0.15) is 18.1 Å². The van der Waals surface area contributed by atoms with E-state index in [1.807, 2.05) is 26.0 Å². The van der Waals surface area contributed by atoms with E-state index in [0.717, 1.165) is 11.3 Å².